The maximum atomic E-state index is 12.6. The molecule has 36 heavy (non-hydrogen) atoms. The fraction of sp³-hybridized carbons (Fsp3) is 0.222. The Labute approximate surface area is 222 Å². The quantitative estimate of drug-likeness (QED) is 0.349. The lowest BCUT2D eigenvalue weighted by Crippen LogP contribution is -2.28. The van der Waals surface area contributed by atoms with Crippen LogP contribution >= 0.6 is 27.5 Å². The van der Waals surface area contributed by atoms with E-state index in [0.29, 0.717) is 26.6 Å². The van der Waals surface area contributed by atoms with Crippen LogP contribution in [-0.2, 0) is 19.1 Å². The Bertz CT molecular complexity index is 1310. The molecule has 3 aromatic rings. The molecule has 3 aromatic carbocycles. The van der Waals surface area contributed by atoms with E-state index in [1.807, 2.05) is 32.0 Å². The Kier molecular flexibility index (Phi) is 7.96. The number of nitrogens with zero attached hydrogens (tertiary/aromatic N) is 1. The second-order valence-corrected chi connectivity index (χ2v) is 9.79. The van der Waals surface area contributed by atoms with Gasteiger partial charge in [-0.05, 0) is 95.5 Å². The van der Waals surface area contributed by atoms with Crippen LogP contribution in [0.3, 0.4) is 0 Å². The summed E-state index contributed by atoms with van der Waals surface area (Å²) in [6, 6.07) is 17.9. The normalized spacial score (nSPS) is 15.1. The molecule has 1 atom stereocenters. The topological polar surface area (TPSA) is 84.9 Å². The van der Waals surface area contributed by atoms with Crippen LogP contribution in [0.25, 0.3) is 0 Å². The SMILES string of the molecule is Cc1ccc(Oc2ccc(N3C[C@H](C(=O)OCC(=O)Nc4ccc(Br)c(Cl)c4)CC3=O)cc2)cc1C. The number of esters is 1. The average molecular weight is 572 g/mol. The molecule has 0 spiro atoms. The van der Waals surface area contributed by atoms with Gasteiger partial charge in [0.25, 0.3) is 5.91 Å². The summed E-state index contributed by atoms with van der Waals surface area (Å²) >= 11 is 9.30. The summed E-state index contributed by atoms with van der Waals surface area (Å²) in [5.74, 6) is -0.555. The molecule has 7 nitrogen and oxygen atoms in total. The number of carbonyl (C=O) groups is 3. The second kappa shape index (κ2) is 11.1. The van der Waals surface area contributed by atoms with Gasteiger partial charge in [0.05, 0.1) is 10.9 Å². The fourth-order valence-electron chi connectivity index (χ4n) is 3.75. The van der Waals surface area contributed by atoms with Crippen molar-refractivity contribution in [3.05, 3.63) is 81.3 Å². The molecule has 1 N–H and O–H groups in total. The first-order chi connectivity index (χ1) is 17.2. The number of aryl methyl sites for hydroxylation is 2. The lowest BCUT2D eigenvalue weighted by molar-refractivity contribution is -0.151. The van der Waals surface area contributed by atoms with Gasteiger partial charge >= 0.3 is 5.97 Å². The molecule has 0 aliphatic carbocycles. The summed E-state index contributed by atoms with van der Waals surface area (Å²) in [7, 11) is 0. The molecular formula is C27H24BrClN2O5. The Morgan fingerprint density at radius 2 is 1.75 bits per heavy atom. The van der Waals surface area contributed by atoms with Gasteiger partial charge in [-0.15, -0.1) is 0 Å². The lowest BCUT2D eigenvalue weighted by Gasteiger charge is -2.17. The van der Waals surface area contributed by atoms with Gasteiger partial charge in [0, 0.05) is 28.8 Å². The molecule has 1 aliphatic rings. The average Bonchev–Trinajstić information content (AvgIpc) is 3.24. The lowest BCUT2D eigenvalue weighted by atomic mass is 10.1. The minimum Gasteiger partial charge on any atom is -0.457 e. The molecule has 2 amide bonds. The Balaban J connectivity index is 1.30. The van der Waals surface area contributed by atoms with Crippen molar-refractivity contribution in [2.45, 2.75) is 20.3 Å². The van der Waals surface area contributed by atoms with E-state index in [1.54, 1.807) is 42.5 Å². The Morgan fingerprint density at radius 3 is 2.44 bits per heavy atom. The van der Waals surface area contributed by atoms with Gasteiger partial charge in [-0.1, -0.05) is 17.7 Å². The van der Waals surface area contributed by atoms with Crippen LogP contribution in [0, 0.1) is 19.8 Å². The molecule has 4 rings (SSSR count). The predicted molar refractivity (Wildman–Crippen MR) is 142 cm³/mol. The van der Waals surface area contributed by atoms with E-state index in [-0.39, 0.29) is 18.9 Å². The van der Waals surface area contributed by atoms with E-state index < -0.39 is 24.4 Å². The highest BCUT2D eigenvalue weighted by molar-refractivity contribution is 9.10. The molecule has 1 heterocycles. The van der Waals surface area contributed by atoms with Gasteiger partial charge in [-0.3, -0.25) is 14.4 Å². The highest BCUT2D eigenvalue weighted by atomic mass is 79.9. The standard InChI is InChI=1S/C27H24BrClN2O5/c1-16-3-7-22(11-17(16)2)36-21-8-5-20(6-9-21)31-14-18(12-26(31)33)27(34)35-15-25(32)30-19-4-10-23(28)24(29)13-19/h3-11,13,18H,12,14-15H2,1-2H3,(H,30,32)/t18-/m1/s1. The zero-order valence-corrected chi connectivity index (χ0v) is 22.1. The van der Waals surface area contributed by atoms with Gasteiger partial charge in [0.1, 0.15) is 11.5 Å². The van der Waals surface area contributed by atoms with Crippen LogP contribution in [-0.4, -0.2) is 30.9 Å². The largest absolute Gasteiger partial charge is 0.457 e. The molecule has 1 aliphatic heterocycles. The number of ether oxygens (including phenoxy) is 2. The predicted octanol–water partition coefficient (Wildman–Crippen LogP) is 6.05. The van der Waals surface area contributed by atoms with Gasteiger partial charge in [-0.2, -0.15) is 0 Å². The van der Waals surface area contributed by atoms with Crippen molar-refractivity contribution in [2.24, 2.45) is 5.92 Å². The first-order valence-electron chi connectivity index (χ1n) is 11.3. The zero-order chi connectivity index (χ0) is 25.8. The Morgan fingerprint density at radius 1 is 1.03 bits per heavy atom. The summed E-state index contributed by atoms with van der Waals surface area (Å²) in [6.07, 6.45) is 0.0175. The zero-order valence-electron chi connectivity index (χ0n) is 19.7. The van der Waals surface area contributed by atoms with Crippen LogP contribution in [0.15, 0.2) is 65.1 Å². The van der Waals surface area contributed by atoms with Crippen molar-refractivity contribution >= 4 is 56.7 Å². The maximum absolute atomic E-state index is 12.6. The van der Waals surface area contributed by atoms with Crippen molar-refractivity contribution in [1.29, 1.82) is 0 Å². The third-order valence-electron chi connectivity index (χ3n) is 5.87. The highest BCUT2D eigenvalue weighted by Crippen LogP contribution is 2.30. The van der Waals surface area contributed by atoms with Gasteiger partial charge in [0.15, 0.2) is 6.61 Å². The summed E-state index contributed by atoms with van der Waals surface area (Å²) in [4.78, 5) is 38.7. The summed E-state index contributed by atoms with van der Waals surface area (Å²) in [5, 5.41) is 3.06. The van der Waals surface area contributed by atoms with Crippen LogP contribution < -0.4 is 15.0 Å². The smallest absolute Gasteiger partial charge is 0.311 e. The molecule has 0 unspecified atom stereocenters. The van der Waals surface area contributed by atoms with Crippen LogP contribution in [0.2, 0.25) is 5.02 Å². The second-order valence-electron chi connectivity index (χ2n) is 8.53. The first-order valence-corrected chi connectivity index (χ1v) is 12.4. The van der Waals surface area contributed by atoms with E-state index in [9.17, 15) is 14.4 Å². The number of amides is 2. The van der Waals surface area contributed by atoms with Crippen molar-refractivity contribution in [2.75, 3.05) is 23.4 Å². The molecule has 0 saturated carbocycles. The molecule has 9 heteroatoms. The maximum Gasteiger partial charge on any atom is 0.311 e. The van der Waals surface area contributed by atoms with Crippen molar-refractivity contribution < 1.29 is 23.9 Å². The van der Waals surface area contributed by atoms with Crippen molar-refractivity contribution in [1.82, 2.24) is 0 Å². The van der Waals surface area contributed by atoms with Gasteiger partial charge in [0.2, 0.25) is 5.91 Å². The molecule has 0 radical (unpaired) electrons. The van der Waals surface area contributed by atoms with Gasteiger partial charge in [-0.25, -0.2) is 0 Å². The van der Waals surface area contributed by atoms with Crippen LogP contribution in [0.5, 0.6) is 11.5 Å². The number of rotatable bonds is 7. The number of benzene rings is 3. The number of hydrogen-bond donors (Lipinski definition) is 1. The minimum atomic E-state index is -0.654. The third kappa shape index (κ3) is 6.25. The number of carbonyl (C=O) groups excluding carboxylic acids is 3. The fourth-order valence-corrected chi connectivity index (χ4v) is 4.18. The van der Waals surface area contributed by atoms with Crippen LogP contribution in [0.1, 0.15) is 17.5 Å². The summed E-state index contributed by atoms with van der Waals surface area (Å²) in [5.41, 5.74) is 3.47. The van der Waals surface area contributed by atoms with E-state index >= 15 is 0 Å². The van der Waals surface area contributed by atoms with Crippen molar-refractivity contribution in [3.63, 3.8) is 0 Å². The van der Waals surface area contributed by atoms with E-state index in [4.69, 9.17) is 21.1 Å². The minimum absolute atomic E-state index is 0.0175. The molecule has 186 valence electrons. The third-order valence-corrected chi connectivity index (χ3v) is 7.10. The van der Waals surface area contributed by atoms with Gasteiger partial charge < -0.3 is 19.7 Å². The first kappa shape index (κ1) is 25.7. The Hall–Kier alpha value is -3.36. The highest BCUT2D eigenvalue weighted by Gasteiger charge is 2.36. The number of anilines is 2. The molecular weight excluding hydrogens is 548 g/mol. The molecule has 0 bridgehead atoms. The van der Waals surface area contributed by atoms with E-state index in [0.717, 1.165) is 11.3 Å². The van der Waals surface area contributed by atoms with E-state index in [2.05, 4.69) is 21.2 Å². The monoisotopic (exact) mass is 570 g/mol. The molecule has 1 fully saturated rings. The van der Waals surface area contributed by atoms with Crippen molar-refractivity contribution in [3.8, 4) is 11.5 Å². The van der Waals surface area contributed by atoms with Crippen LogP contribution in [0.4, 0.5) is 11.4 Å². The molecule has 0 aromatic heterocycles. The number of nitrogens with one attached hydrogen (secondary N) is 1. The molecule has 1 saturated heterocycles. The number of hydrogen-bond acceptors (Lipinski definition) is 5. The van der Waals surface area contributed by atoms with E-state index in [1.165, 1.54) is 10.5 Å². The summed E-state index contributed by atoms with van der Waals surface area (Å²) in [6.45, 7) is 3.79. The number of halogens is 2. The summed E-state index contributed by atoms with van der Waals surface area (Å²) < 4.78 is 11.8.